The number of nitrogens with one attached hydrogen (secondary N) is 1. The van der Waals surface area contributed by atoms with Crippen LogP contribution in [0.1, 0.15) is 120 Å². The molecule has 4 heteroatoms. The number of benzene rings is 4. The molecule has 0 aliphatic heterocycles. The average Bonchev–Trinajstić information content (AvgIpc) is 3.13. The highest BCUT2D eigenvalue weighted by molar-refractivity contribution is 14.1. The summed E-state index contributed by atoms with van der Waals surface area (Å²) in [4.78, 5) is 14.1. The number of halogens is 1. The predicted molar refractivity (Wildman–Crippen MR) is 208 cm³/mol. The number of unbranched alkanes of at least 4 members (excludes halogenated alkanes) is 15. The summed E-state index contributed by atoms with van der Waals surface area (Å²) in [5.41, 5.74) is 6.22. The third-order valence-corrected chi connectivity index (χ3v) is 10.7. The molecular weight excluding hydrogens is 689 g/mol. The van der Waals surface area contributed by atoms with Crippen molar-refractivity contribution in [1.82, 2.24) is 5.32 Å². The first-order valence-electron chi connectivity index (χ1n) is 18.2. The Morgan fingerprint density at radius 1 is 0.532 bits per heavy atom. The van der Waals surface area contributed by atoms with Crippen LogP contribution >= 0.6 is 21.2 Å². The molecule has 1 N–H and O–H groups in total. The molecule has 3 nitrogen and oxygen atoms in total. The molecule has 0 heterocycles. The Morgan fingerprint density at radius 2 is 0.936 bits per heavy atom. The molecule has 4 aromatic carbocycles. The van der Waals surface area contributed by atoms with Crippen LogP contribution < -0.4 is 5.32 Å². The van der Waals surface area contributed by atoms with E-state index in [1.807, 2.05) is 78.9 Å². The highest BCUT2D eigenvalue weighted by Crippen LogP contribution is 2.43. The second-order valence-electron chi connectivity index (χ2n) is 12.8. The zero-order valence-corrected chi connectivity index (χ0v) is 30.6. The second kappa shape index (κ2) is 21.7. The molecule has 47 heavy (non-hydrogen) atoms. The number of rotatable bonds is 22. The first kappa shape index (κ1) is 36.7. The van der Waals surface area contributed by atoms with Gasteiger partial charge in [0.2, 0.25) is 0 Å². The molecule has 4 rings (SSSR count). The van der Waals surface area contributed by atoms with E-state index in [1.165, 1.54) is 89.9 Å². The fourth-order valence-electron chi connectivity index (χ4n) is 6.49. The first-order valence-corrected chi connectivity index (χ1v) is 20.1. The lowest BCUT2D eigenvalue weighted by Gasteiger charge is -2.20. The fourth-order valence-corrected chi connectivity index (χ4v) is 7.93. The lowest BCUT2D eigenvalue weighted by Crippen LogP contribution is -2.26. The molecule has 0 aliphatic rings. The zero-order valence-electron chi connectivity index (χ0n) is 28.5. The standard InChI is InChI=1S/C43H54INO2/c1-2-3-4-5-6-7-8-9-10-11-12-13-14-15-16-26-33-45-43(46)41-40(37-31-24-19-25-32-37)38(35-27-20-17-21-28-35)34-39(42(41)44-47)36-29-22-18-23-30-36/h17-25,27-32,34H,2-16,26,33H2,1H3,(H,45,46). The number of carbonyl (C=O) groups excluding carboxylic acids is 1. The van der Waals surface area contributed by atoms with Crippen LogP contribution in [0.2, 0.25) is 0 Å². The van der Waals surface area contributed by atoms with E-state index in [0.717, 1.165) is 46.2 Å². The van der Waals surface area contributed by atoms with Gasteiger partial charge in [-0.25, -0.2) is 0 Å². The van der Waals surface area contributed by atoms with E-state index < -0.39 is 21.2 Å². The number of hydrogen-bond acceptors (Lipinski definition) is 2. The van der Waals surface area contributed by atoms with Crippen molar-refractivity contribution in [3.05, 3.63) is 106 Å². The van der Waals surface area contributed by atoms with E-state index in [9.17, 15) is 7.86 Å². The minimum Gasteiger partial charge on any atom is -0.352 e. The topological polar surface area (TPSA) is 46.2 Å². The lowest BCUT2D eigenvalue weighted by molar-refractivity contribution is 0.0952. The van der Waals surface area contributed by atoms with Gasteiger partial charge in [0, 0.05) is 12.1 Å². The van der Waals surface area contributed by atoms with Gasteiger partial charge in [-0.3, -0.25) is 7.86 Å². The van der Waals surface area contributed by atoms with Crippen molar-refractivity contribution in [2.45, 2.75) is 110 Å². The SMILES string of the molecule is CCCCCCCCCCCCCCCCCCNC(=O)c1c(I=O)c(-c2ccccc2)cc(-c2ccccc2)c1-c1ccccc1. The summed E-state index contributed by atoms with van der Waals surface area (Å²) < 4.78 is 13.7. The molecule has 0 unspecified atom stereocenters. The van der Waals surface area contributed by atoms with Crippen molar-refractivity contribution in [2.75, 3.05) is 6.54 Å². The molecule has 4 aromatic rings. The van der Waals surface area contributed by atoms with E-state index in [4.69, 9.17) is 0 Å². The van der Waals surface area contributed by atoms with Crippen LogP contribution in [0.4, 0.5) is 0 Å². The van der Waals surface area contributed by atoms with Gasteiger partial charge in [0.25, 0.3) is 5.91 Å². The molecule has 0 spiro atoms. The predicted octanol–water partition coefficient (Wildman–Crippen LogP) is 13.2. The van der Waals surface area contributed by atoms with Gasteiger partial charge in [-0.15, -0.1) is 0 Å². The van der Waals surface area contributed by atoms with Crippen molar-refractivity contribution in [3.8, 4) is 33.4 Å². The van der Waals surface area contributed by atoms with Crippen molar-refractivity contribution in [1.29, 1.82) is 0 Å². The van der Waals surface area contributed by atoms with Crippen molar-refractivity contribution in [2.24, 2.45) is 0 Å². The highest BCUT2D eigenvalue weighted by atomic mass is 127. The minimum absolute atomic E-state index is 0.134. The van der Waals surface area contributed by atoms with Crippen molar-refractivity contribution < 1.29 is 7.86 Å². The summed E-state index contributed by atoms with van der Waals surface area (Å²) >= 11 is -1.64. The van der Waals surface area contributed by atoms with Gasteiger partial charge in [-0.1, -0.05) is 194 Å². The fraction of sp³-hybridized carbons (Fsp3) is 0.419. The Morgan fingerprint density at radius 3 is 1.38 bits per heavy atom. The maximum atomic E-state index is 14.1. The summed E-state index contributed by atoms with van der Waals surface area (Å²) in [5.74, 6) is -0.134. The van der Waals surface area contributed by atoms with Crippen LogP contribution in [0.25, 0.3) is 33.4 Å². The van der Waals surface area contributed by atoms with Gasteiger partial charge >= 0.3 is 0 Å². The molecule has 1 amide bonds. The van der Waals surface area contributed by atoms with Gasteiger partial charge in [0.05, 0.1) is 9.13 Å². The Hall–Kier alpha value is -3.12. The van der Waals surface area contributed by atoms with Crippen molar-refractivity contribution >= 4 is 27.1 Å². The average molecular weight is 744 g/mol. The molecule has 0 radical (unpaired) electrons. The molecule has 0 saturated carbocycles. The van der Waals surface area contributed by atoms with Crippen LogP contribution in [0.5, 0.6) is 0 Å². The summed E-state index contributed by atoms with van der Waals surface area (Å²) in [7, 11) is 0. The number of hydrogen-bond donors (Lipinski definition) is 1. The van der Waals surface area contributed by atoms with Crippen LogP contribution in [-0.4, -0.2) is 12.5 Å². The van der Waals surface area contributed by atoms with E-state index in [2.05, 4.69) is 30.4 Å². The normalized spacial score (nSPS) is 11.1. The maximum Gasteiger partial charge on any atom is 0.253 e. The van der Waals surface area contributed by atoms with Crippen LogP contribution in [0, 0.1) is 3.57 Å². The largest absolute Gasteiger partial charge is 0.352 e. The Labute approximate surface area is 294 Å². The summed E-state index contributed by atoms with van der Waals surface area (Å²) in [5, 5.41) is 3.23. The van der Waals surface area contributed by atoms with Gasteiger partial charge < -0.3 is 5.32 Å². The quantitative estimate of drug-likeness (QED) is 0.0644. The number of amides is 1. The summed E-state index contributed by atoms with van der Waals surface area (Å²) in [6.45, 7) is 2.91. The highest BCUT2D eigenvalue weighted by Gasteiger charge is 2.26. The van der Waals surface area contributed by atoms with Gasteiger partial charge in [-0.2, -0.15) is 0 Å². The monoisotopic (exact) mass is 743 g/mol. The smallest absolute Gasteiger partial charge is 0.253 e. The van der Waals surface area contributed by atoms with E-state index in [1.54, 1.807) is 0 Å². The lowest BCUT2D eigenvalue weighted by atomic mass is 9.86. The zero-order chi connectivity index (χ0) is 32.9. The summed E-state index contributed by atoms with van der Waals surface area (Å²) in [6, 6.07) is 32.5. The maximum absolute atomic E-state index is 14.1. The molecule has 250 valence electrons. The van der Waals surface area contributed by atoms with E-state index in [-0.39, 0.29) is 5.91 Å². The molecule has 0 saturated heterocycles. The van der Waals surface area contributed by atoms with Gasteiger partial charge in [0.15, 0.2) is 21.2 Å². The van der Waals surface area contributed by atoms with Crippen LogP contribution in [0.3, 0.4) is 0 Å². The molecule has 0 atom stereocenters. The Balaban J connectivity index is 1.35. The van der Waals surface area contributed by atoms with Gasteiger partial charge in [-0.05, 0) is 40.3 Å². The Bertz CT molecular complexity index is 1470. The molecule has 0 aliphatic carbocycles. The molecule has 0 bridgehead atoms. The number of carbonyl (C=O) groups is 1. The van der Waals surface area contributed by atoms with E-state index in [0.29, 0.717) is 15.7 Å². The minimum atomic E-state index is -1.64. The molecular formula is C43H54INO2. The second-order valence-corrected chi connectivity index (χ2v) is 14.3. The van der Waals surface area contributed by atoms with Gasteiger partial charge in [0.1, 0.15) is 0 Å². The third-order valence-electron chi connectivity index (χ3n) is 9.12. The van der Waals surface area contributed by atoms with Crippen LogP contribution in [-0.2, 0) is 3.07 Å². The van der Waals surface area contributed by atoms with Crippen LogP contribution in [0.15, 0.2) is 97.1 Å². The summed E-state index contributed by atoms with van der Waals surface area (Å²) in [6.07, 6.45) is 21.2. The first-order chi connectivity index (χ1) is 23.2. The molecule has 0 aromatic heterocycles. The van der Waals surface area contributed by atoms with Crippen molar-refractivity contribution in [3.63, 3.8) is 0 Å². The Kier molecular flexibility index (Phi) is 16.9. The third kappa shape index (κ3) is 11.8. The van der Waals surface area contributed by atoms with E-state index >= 15 is 0 Å². The molecule has 0 fully saturated rings.